The fourth-order valence-electron chi connectivity index (χ4n) is 2.41. The number of carbonyl (C=O) groups is 1. The zero-order valence-electron chi connectivity index (χ0n) is 15.2. The van der Waals surface area contributed by atoms with Crippen LogP contribution in [0.3, 0.4) is 0 Å². The molecular weight excluding hydrogens is 380 g/mol. The lowest BCUT2D eigenvalue weighted by Gasteiger charge is -2.09. The van der Waals surface area contributed by atoms with E-state index in [4.69, 9.17) is 4.42 Å². The molecule has 0 saturated heterocycles. The maximum absolute atomic E-state index is 12.5. The van der Waals surface area contributed by atoms with Gasteiger partial charge in [-0.3, -0.25) is 9.52 Å². The van der Waals surface area contributed by atoms with Crippen molar-refractivity contribution in [3.63, 3.8) is 0 Å². The van der Waals surface area contributed by atoms with Gasteiger partial charge in [-0.05, 0) is 56.3 Å². The Labute approximate surface area is 162 Å². The van der Waals surface area contributed by atoms with Gasteiger partial charge in [-0.2, -0.15) is 0 Å². The van der Waals surface area contributed by atoms with Crippen molar-refractivity contribution in [3.05, 3.63) is 72.1 Å². The summed E-state index contributed by atoms with van der Waals surface area (Å²) in [5, 5.41) is 2.64. The molecule has 0 fully saturated rings. The topological polar surface area (TPSA) is 114 Å². The minimum absolute atomic E-state index is 0.0468. The van der Waals surface area contributed by atoms with Crippen LogP contribution in [0.5, 0.6) is 0 Å². The molecule has 0 radical (unpaired) electrons. The van der Waals surface area contributed by atoms with E-state index >= 15 is 0 Å². The summed E-state index contributed by atoms with van der Waals surface area (Å²) in [5.74, 6) is 0.860. The predicted octanol–water partition coefficient (Wildman–Crippen LogP) is 3.14. The highest BCUT2D eigenvalue weighted by molar-refractivity contribution is 7.92. The highest BCUT2D eigenvalue weighted by Crippen LogP contribution is 2.18. The molecule has 0 aliphatic carbocycles. The van der Waals surface area contributed by atoms with Crippen molar-refractivity contribution in [2.45, 2.75) is 18.7 Å². The van der Waals surface area contributed by atoms with Crippen molar-refractivity contribution < 1.29 is 17.6 Å². The maximum atomic E-state index is 12.5. The molecule has 0 bridgehead atoms. The van der Waals surface area contributed by atoms with Crippen LogP contribution < -0.4 is 10.0 Å². The lowest BCUT2D eigenvalue weighted by molar-refractivity contribution is -0.111. The van der Waals surface area contributed by atoms with Crippen molar-refractivity contribution in [2.24, 2.45) is 0 Å². The molecule has 0 aliphatic rings. The second kappa shape index (κ2) is 8.05. The summed E-state index contributed by atoms with van der Waals surface area (Å²) in [6.07, 6.45) is 4.36. The maximum Gasteiger partial charge on any atom is 0.263 e. The summed E-state index contributed by atoms with van der Waals surface area (Å²) in [6, 6.07) is 10.8. The Morgan fingerprint density at radius 2 is 1.86 bits per heavy atom. The molecule has 0 atom stereocenters. The van der Waals surface area contributed by atoms with E-state index in [2.05, 4.69) is 20.0 Å². The number of anilines is 2. The normalized spacial score (nSPS) is 11.5. The van der Waals surface area contributed by atoms with Crippen LogP contribution >= 0.6 is 0 Å². The van der Waals surface area contributed by atoms with Gasteiger partial charge in [0, 0.05) is 23.5 Å². The molecule has 1 aromatic carbocycles. The molecule has 9 heteroatoms. The molecular formula is C19H18N4O4S. The second-order valence-electron chi connectivity index (χ2n) is 5.91. The van der Waals surface area contributed by atoms with Crippen LogP contribution in [0.15, 0.2) is 64.1 Å². The molecule has 0 spiro atoms. The number of furan rings is 1. The Hall–Kier alpha value is -3.46. The van der Waals surface area contributed by atoms with E-state index in [1.54, 1.807) is 32.0 Å². The van der Waals surface area contributed by atoms with Crippen LogP contribution in [0, 0.1) is 13.8 Å². The first-order chi connectivity index (χ1) is 13.3. The summed E-state index contributed by atoms with van der Waals surface area (Å²) < 4.78 is 32.5. The van der Waals surface area contributed by atoms with Crippen LogP contribution in [0.25, 0.3) is 6.08 Å². The Balaban J connectivity index is 1.68. The quantitative estimate of drug-likeness (QED) is 0.617. The summed E-state index contributed by atoms with van der Waals surface area (Å²) in [5.41, 5.74) is 1.12. The minimum Gasteiger partial charge on any atom is -0.465 e. The van der Waals surface area contributed by atoms with Crippen LogP contribution in [0.4, 0.5) is 11.5 Å². The van der Waals surface area contributed by atoms with Gasteiger partial charge in [-0.1, -0.05) is 0 Å². The molecule has 144 valence electrons. The fraction of sp³-hybridized carbons (Fsp3) is 0.105. The number of aryl methyl sites for hydroxylation is 2. The number of carbonyl (C=O) groups excluding carboxylic acids is 1. The highest BCUT2D eigenvalue weighted by Gasteiger charge is 2.15. The van der Waals surface area contributed by atoms with E-state index in [1.807, 2.05) is 0 Å². The van der Waals surface area contributed by atoms with Gasteiger partial charge in [0.1, 0.15) is 17.4 Å². The van der Waals surface area contributed by atoms with Crippen LogP contribution in [-0.4, -0.2) is 24.3 Å². The van der Waals surface area contributed by atoms with Crippen molar-refractivity contribution in [1.82, 2.24) is 9.97 Å². The van der Waals surface area contributed by atoms with Crippen LogP contribution in [-0.2, 0) is 14.8 Å². The molecule has 2 N–H and O–H groups in total. The van der Waals surface area contributed by atoms with E-state index in [0.29, 0.717) is 23.0 Å². The van der Waals surface area contributed by atoms with Gasteiger partial charge in [-0.25, -0.2) is 18.4 Å². The second-order valence-corrected chi connectivity index (χ2v) is 7.59. The number of hydrogen-bond acceptors (Lipinski definition) is 6. The van der Waals surface area contributed by atoms with E-state index < -0.39 is 10.0 Å². The third kappa shape index (κ3) is 5.04. The fourth-order valence-corrected chi connectivity index (χ4v) is 3.40. The van der Waals surface area contributed by atoms with Crippen LogP contribution in [0.1, 0.15) is 17.3 Å². The third-order valence-electron chi connectivity index (χ3n) is 3.58. The van der Waals surface area contributed by atoms with Crippen molar-refractivity contribution in [1.29, 1.82) is 0 Å². The molecule has 1 amide bonds. The number of nitrogens with zero attached hydrogens (tertiary/aromatic N) is 2. The van der Waals surface area contributed by atoms with E-state index in [1.165, 1.54) is 42.7 Å². The molecule has 0 saturated carbocycles. The number of nitrogens with one attached hydrogen (secondary N) is 2. The average Bonchev–Trinajstić information content (AvgIpc) is 3.13. The first-order valence-electron chi connectivity index (χ1n) is 8.29. The molecule has 0 aliphatic heterocycles. The highest BCUT2D eigenvalue weighted by atomic mass is 32.2. The Bertz CT molecular complexity index is 1090. The Kier molecular flexibility index (Phi) is 5.55. The van der Waals surface area contributed by atoms with Crippen LogP contribution in [0.2, 0.25) is 0 Å². The SMILES string of the molecule is Cc1cc(NS(=O)(=O)c2ccc(NC(=O)/C=C/c3ccco3)cc2)nc(C)n1. The molecule has 2 aromatic heterocycles. The van der Waals surface area contributed by atoms with Crippen molar-refractivity contribution in [2.75, 3.05) is 10.0 Å². The summed E-state index contributed by atoms with van der Waals surface area (Å²) in [4.78, 5) is 20.1. The van der Waals surface area contributed by atoms with Crippen molar-refractivity contribution in [3.8, 4) is 0 Å². The molecule has 2 heterocycles. The number of amides is 1. The number of hydrogen-bond donors (Lipinski definition) is 2. The number of sulfonamides is 1. The zero-order chi connectivity index (χ0) is 20.1. The van der Waals surface area contributed by atoms with Gasteiger partial charge >= 0.3 is 0 Å². The summed E-state index contributed by atoms with van der Waals surface area (Å²) >= 11 is 0. The lowest BCUT2D eigenvalue weighted by atomic mass is 10.3. The smallest absolute Gasteiger partial charge is 0.263 e. The largest absolute Gasteiger partial charge is 0.465 e. The number of aromatic nitrogens is 2. The molecule has 3 rings (SSSR count). The molecule has 3 aromatic rings. The van der Waals surface area contributed by atoms with Gasteiger partial charge < -0.3 is 9.73 Å². The zero-order valence-corrected chi connectivity index (χ0v) is 16.0. The number of benzene rings is 1. The standard InChI is InChI=1S/C19H18N4O4S/c1-13-12-18(21-14(2)20-13)23-28(25,26)17-8-5-15(6-9-17)22-19(24)10-7-16-4-3-11-27-16/h3-12H,1-2H3,(H,22,24)(H,20,21,23)/b10-7+. The van der Waals surface area contributed by atoms with E-state index in [-0.39, 0.29) is 16.6 Å². The predicted molar refractivity (Wildman–Crippen MR) is 105 cm³/mol. The van der Waals surface area contributed by atoms with E-state index in [0.717, 1.165) is 0 Å². The monoisotopic (exact) mass is 398 g/mol. The summed E-state index contributed by atoms with van der Waals surface area (Å²) in [6.45, 7) is 3.44. The van der Waals surface area contributed by atoms with Gasteiger partial charge in [0.2, 0.25) is 5.91 Å². The summed E-state index contributed by atoms with van der Waals surface area (Å²) in [7, 11) is -3.81. The molecule has 0 unspecified atom stereocenters. The van der Waals surface area contributed by atoms with E-state index in [9.17, 15) is 13.2 Å². The first kappa shape index (κ1) is 19.3. The van der Waals surface area contributed by atoms with Gasteiger partial charge in [0.25, 0.3) is 10.0 Å². The first-order valence-corrected chi connectivity index (χ1v) is 9.78. The van der Waals surface area contributed by atoms with Crippen molar-refractivity contribution >= 4 is 33.5 Å². The Morgan fingerprint density at radius 1 is 1.11 bits per heavy atom. The Morgan fingerprint density at radius 3 is 2.50 bits per heavy atom. The van der Waals surface area contributed by atoms with Gasteiger partial charge in [0.15, 0.2) is 0 Å². The van der Waals surface area contributed by atoms with Gasteiger partial charge in [-0.15, -0.1) is 0 Å². The molecule has 8 nitrogen and oxygen atoms in total. The minimum atomic E-state index is -3.81. The number of rotatable bonds is 6. The average molecular weight is 398 g/mol. The van der Waals surface area contributed by atoms with Gasteiger partial charge in [0.05, 0.1) is 11.2 Å². The lowest BCUT2D eigenvalue weighted by Crippen LogP contribution is -2.15. The third-order valence-corrected chi connectivity index (χ3v) is 4.95. The molecule has 28 heavy (non-hydrogen) atoms.